The maximum atomic E-state index is 12.4. The van der Waals surface area contributed by atoms with Crippen LogP contribution in [0.5, 0.6) is 0 Å². The third kappa shape index (κ3) is 2.71. The highest BCUT2D eigenvalue weighted by atomic mass is 16.3. The highest BCUT2D eigenvalue weighted by molar-refractivity contribution is 5.85. The third-order valence-electron chi connectivity index (χ3n) is 3.57. The van der Waals surface area contributed by atoms with E-state index >= 15 is 0 Å². The van der Waals surface area contributed by atoms with Crippen LogP contribution in [0, 0.1) is 5.41 Å². The smallest absolute Gasteiger partial charge is 0.230 e. The van der Waals surface area contributed by atoms with Crippen molar-refractivity contribution in [2.75, 3.05) is 19.7 Å². The summed E-state index contributed by atoms with van der Waals surface area (Å²) in [5, 5.41) is 9.10. The second-order valence-electron chi connectivity index (χ2n) is 4.92. The first kappa shape index (κ1) is 13.1. The molecule has 1 aromatic rings. The van der Waals surface area contributed by atoms with Gasteiger partial charge in [0.15, 0.2) is 0 Å². The molecule has 1 amide bonds. The zero-order chi connectivity index (χ0) is 13.0. The van der Waals surface area contributed by atoms with E-state index in [4.69, 9.17) is 10.8 Å². The summed E-state index contributed by atoms with van der Waals surface area (Å²) in [6.07, 6.45) is 1.75. The van der Waals surface area contributed by atoms with Gasteiger partial charge in [-0.2, -0.15) is 0 Å². The lowest BCUT2D eigenvalue weighted by atomic mass is 10.1. The molecule has 0 saturated heterocycles. The van der Waals surface area contributed by atoms with E-state index in [0.29, 0.717) is 19.6 Å². The summed E-state index contributed by atoms with van der Waals surface area (Å²) in [7, 11) is 0. The zero-order valence-electron chi connectivity index (χ0n) is 10.5. The molecular formula is C14H20N2O2. The minimum Gasteiger partial charge on any atom is -0.395 e. The maximum absolute atomic E-state index is 12.4. The van der Waals surface area contributed by atoms with Gasteiger partial charge < -0.3 is 15.7 Å². The normalized spacial score (nSPS) is 16.3. The van der Waals surface area contributed by atoms with Crippen molar-refractivity contribution in [3.63, 3.8) is 0 Å². The molecule has 1 saturated carbocycles. The fourth-order valence-electron chi connectivity index (χ4n) is 2.17. The molecule has 1 aliphatic carbocycles. The second kappa shape index (κ2) is 5.50. The van der Waals surface area contributed by atoms with Crippen LogP contribution in [0.1, 0.15) is 18.4 Å². The molecule has 2 rings (SSSR count). The van der Waals surface area contributed by atoms with Gasteiger partial charge in [-0.1, -0.05) is 30.3 Å². The average Bonchev–Trinajstić information content (AvgIpc) is 3.20. The van der Waals surface area contributed by atoms with E-state index in [-0.39, 0.29) is 17.9 Å². The molecule has 1 fully saturated rings. The number of aliphatic hydroxyl groups excluding tert-OH is 1. The van der Waals surface area contributed by atoms with Crippen molar-refractivity contribution in [1.29, 1.82) is 0 Å². The lowest BCUT2D eigenvalue weighted by Gasteiger charge is -2.26. The lowest BCUT2D eigenvalue weighted by Crippen LogP contribution is -2.41. The van der Waals surface area contributed by atoms with Gasteiger partial charge in [-0.3, -0.25) is 4.79 Å². The first-order chi connectivity index (χ1) is 8.72. The molecule has 0 aromatic heterocycles. The van der Waals surface area contributed by atoms with Crippen molar-refractivity contribution in [3.05, 3.63) is 35.9 Å². The number of benzene rings is 1. The number of rotatable bonds is 6. The molecule has 1 aliphatic rings. The van der Waals surface area contributed by atoms with Crippen molar-refractivity contribution in [2.24, 2.45) is 11.1 Å². The van der Waals surface area contributed by atoms with Crippen LogP contribution in [-0.2, 0) is 11.3 Å². The van der Waals surface area contributed by atoms with E-state index in [1.807, 2.05) is 30.3 Å². The van der Waals surface area contributed by atoms with Gasteiger partial charge in [-0.05, 0) is 18.4 Å². The lowest BCUT2D eigenvalue weighted by molar-refractivity contribution is -0.137. The number of nitrogens with zero attached hydrogens (tertiary/aromatic N) is 1. The SMILES string of the molecule is NCC1(C(=O)N(CCO)Cc2ccccc2)CC1. The number of carbonyl (C=O) groups is 1. The molecule has 1 aromatic carbocycles. The third-order valence-corrected chi connectivity index (χ3v) is 3.57. The number of nitrogens with two attached hydrogens (primary N) is 1. The molecule has 98 valence electrons. The Bertz CT molecular complexity index is 402. The van der Waals surface area contributed by atoms with Crippen molar-refractivity contribution < 1.29 is 9.90 Å². The number of hydrogen-bond donors (Lipinski definition) is 2. The van der Waals surface area contributed by atoms with Gasteiger partial charge in [0.2, 0.25) is 5.91 Å². The van der Waals surface area contributed by atoms with Crippen LogP contribution < -0.4 is 5.73 Å². The first-order valence-electron chi connectivity index (χ1n) is 6.36. The molecule has 4 heteroatoms. The van der Waals surface area contributed by atoms with E-state index in [9.17, 15) is 4.79 Å². The highest BCUT2D eigenvalue weighted by Crippen LogP contribution is 2.46. The molecule has 0 aliphatic heterocycles. The van der Waals surface area contributed by atoms with E-state index in [1.165, 1.54) is 0 Å². The van der Waals surface area contributed by atoms with Crippen LogP contribution in [0.3, 0.4) is 0 Å². The number of aliphatic hydroxyl groups is 1. The van der Waals surface area contributed by atoms with Gasteiger partial charge in [-0.15, -0.1) is 0 Å². The van der Waals surface area contributed by atoms with Crippen LogP contribution in [-0.4, -0.2) is 35.6 Å². The number of carbonyl (C=O) groups excluding carboxylic acids is 1. The van der Waals surface area contributed by atoms with Gasteiger partial charge in [-0.25, -0.2) is 0 Å². The maximum Gasteiger partial charge on any atom is 0.230 e. The molecule has 0 heterocycles. The molecular weight excluding hydrogens is 228 g/mol. The molecule has 0 unspecified atom stereocenters. The summed E-state index contributed by atoms with van der Waals surface area (Å²) in [5.74, 6) is 0.0860. The van der Waals surface area contributed by atoms with E-state index in [0.717, 1.165) is 18.4 Å². The topological polar surface area (TPSA) is 66.6 Å². The Morgan fingerprint density at radius 3 is 2.50 bits per heavy atom. The fourth-order valence-corrected chi connectivity index (χ4v) is 2.17. The van der Waals surface area contributed by atoms with Crippen molar-refractivity contribution in [2.45, 2.75) is 19.4 Å². The molecule has 0 radical (unpaired) electrons. The van der Waals surface area contributed by atoms with Crippen LogP contribution >= 0.6 is 0 Å². The minimum atomic E-state index is -0.343. The molecule has 0 atom stereocenters. The van der Waals surface area contributed by atoms with Crippen molar-refractivity contribution in [3.8, 4) is 0 Å². The van der Waals surface area contributed by atoms with Gasteiger partial charge in [0.05, 0.1) is 12.0 Å². The fraction of sp³-hybridized carbons (Fsp3) is 0.500. The Hall–Kier alpha value is -1.39. The van der Waals surface area contributed by atoms with Gasteiger partial charge >= 0.3 is 0 Å². The highest BCUT2D eigenvalue weighted by Gasteiger charge is 2.50. The second-order valence-corrected chi connectivity index (χ2v) is 4.92. The van der Waals surface area contributed by atoms with E-state index in [1.54, 1.807) is 4.90 Å². The van der Waals surface area contributed by atoms with E-state index < -0.39 is 0 Å². The zero-order valence-corrected chi connectivity index (χ0v) is 10.5. The Labute approximate surface area is 107 Å². The molecule has 0 spiro atoms. The minimum absolute atomic E-state index is 0.0147. The predicted octanol–water partition coefficient (Wildman–Crippen LogP) is 0.746. The van der Waals surface area contributed by atoms with Crippen LogP contribution in [0.2, 0.25) is 0 Å². The standard InChI is InChI=1S/C14H20N2O2/c15-11-14(6-7-14)13(18)16(8-9-17)10-12-4-2-1-3-5-12/h1-5,17H,6-11,15H2. The van der Waals surface area contributed by atoms with Crippen LogP contribution in [0.15, 0.2) is 30.3 Å². The monoisotopic (exact) mass is 248 g/mol. The largest absolute Gasteiger partial charge is 0.395 e. The Morgan fingerprint density at radius 1 is 1.33 bits per heavy atom. The quantitative estimate of drug-likeness (QED) is 0.780. The number of hydrogen-bond acceptors (Lipinski definition) is 3. The Morgan fingerprint density at radius 2 is 2.00 bits per heavy atom. The molecule has 4 nitrogen and oxygen atoms in total. The van der Waals surface area contributed by atoms with Crippen molar-refractivity contribution in [1.82, 2.24) is 4.90 Å². The van der Waals surface area contributed by atoms with Gasteiger partial charge in [0, 0.05) is 19.6 Å². The summed E-state index contributed by atoms with van der Waals surface area (Å²) < 4.78 is 0. The van der Waals surface area contributed by atoms with E-state index in [2.05, 4.69) is 0 Å². The average molecular weight is 248 g/mol. The first-order valence-corrected chi connectivity index (χ1v) is 6.36. The van der Waals surface area contributed by atoms with Crippen LogP contribution in [0.4, 0.5) is 0 Å². The summed E-state index contributed by atoms with van der Waals surface area (Å²) in [4.78, 5) is 14.1. The summed E-state index contributed by atoms with van der Waals surface area (Å²) >= 11 is 0. The van der Waals surface area contributed by atoms with Crippen LogP contribution in [0.25, 0.3) is 0 Å². The predicted molar refractivity (Wildman–Crippen MR) is 69.7 cm³/mol. The number of amides is 1. The molecule has 3 N–H and O–H groups in total. The van der Waals surface area contributed by atoms with Gasteiger partial charge in [0.1, 0.15) is 0 Å². The summed E-state index contributed by atoms with van der Waals surface area (Å²) in [6.45, 7) is 1.30. The Kier molecular flexibility index (Phi) is 3.99. The summed E-state index contributed by atoms with van der Waals surface area (Å²) in [6, 6.07) is 9.82. The molecule has 18 heavy (non-hydrogen) atoms. The van der Waals surface area contributed by atoms with Gasteiger partial charge in [0.25, 0.3) is 0 Å². The van der Waals surface area contributed by atoms with Crippen molar-refractivity contribution >= 4 is 5.91 Å². The molecule has 0 bridgehead atoms. The summed E-state index contributed by atoms with van der Waals surface area (Å²) in [5.41, 5.74) is 6.42. The Balaban J connectivity index is 2.06.